The van der Waals surface area contributed by atoms with Crippen molar-refractivity contribution < 1.29 is 19.1 Å². The number of hydrazone groups is 1. The molecule has 0 fully saturated rings. The second-order valence-corrected chi connectivity index (χ2v) is 9.39. The van der Waals surface area contributed by atoms with Gasteiger partial charge in [0.05, 0.1) is 17.1 Å². The number of nitrogens with one attached hydrogen (secondary N) is 1. The van der Waals surface area contributed by atoms with Crippen LogP contribution >= 0.6 is 0 Å². The fourth-order valence-electron chi connectivity index (χ4n) is 3.67. The van der Waals surface area contributed by atoms with Crippen molar-refractivity contribution >= 4 is 35.0 Å². The summed E-state index contributed by atoms with van der Waals surface area (Å²) in [7, 11) is 0. The summed E-state index contributed by atoms with van der Waals surface area (Å²) < 4.78 is 6.84. The summed E-state index contributed by atoms with van der Waals surface area (Å²) in [4.78, 5) is 37.2. The van der Waals surface area contributed by atoms with Crippen LogP contribution in [0.25, 0.3) is 5.69 Å². The Balaban J connectivity index is 1.45. The molecule has 0 spiro atoms. The Kier molecular flexibility index (Phi) is 6.86. The maximum atomic E-state index is 12.7. The summed E-state index contributed by atoms with van der Waals surface area (Å²) in [5, 5.41) is 13.0. The third-order valence-corrected chi connectivity index (χ3v) is 5.58. The molecule has 36 heavy (non-hydrogen) atoms. The van der Waals surface area contributed by atoms with E-state index >= 15 is 0 Å². The van der Waals surface area contributed by atoms with Crippen LogP contribution in [0.4, 0.5) is 11.5 Å². The van der Waals surface area contributed by atoms with E-state index in [-0.39, 0.29) is 17.5 Å². The first-order valence-electron chi connectivity index (χ1n) is 11.5. The van der Waals surface area contributed by atoms with Gasteiger partial charge in [-0.3, -0.25) is 14.6 Å². The number of nitrogens with two attached hydrogens (primary N) is 1. The molecule has 0 aliphatic carbocycles. The van der Waals surface area contributed by atoms with Crippen LogP contribution in [0.5, 0.6) is 0 Å². The molecule has 2 amide bonds. The van der Waals surface area contributed by atoms with E-state index in [2.05, 4.69) is 15.5 Å². The van der Waals surface area contributed by atoms with Crippen LogP contribution in [0.3, 0.4) is 0 Å². The van der Waals surface area contributed by atoms with Crippen molar-refractivity contribution in [2.24, 2.45) is 10.8 Å². The number of para-hydroxylation sites is 2. The van der Waals surface area contributed by atoms with Crippen molar-refractivity contribution in [2.75, 3.05) is 16.9 Å². The fourth-order valence-corrected chi connectivity index (χ4v) is 3.67. The summed E-state index contributed by atoms with van der Waals surface area (Å²) in [6, 6.07) is 19.3. The molecule has 3 aromatic rings. The van der Waals surface area contributed by atoms with Crippen LogP contribution < -0.4 is 16.1 Å². The number of rotatable bonds is 7. The van der Waals surface area contributed by atoms with Crippen molar-refractivity contribution in [3.63, 3.8) is 0 Å². The number of hydrogen-bond donors (Lipinski definition) is 2. The number of primary amides is 1. The molecule has 3 N–H and O–H groups in total. The van der Waals surface area contributed by atoms with Crippen LogP contribution in [0.15, 0.2) is 71.8 Å². The highest BCUT2D eigenvalue weighted by molar-refractivity contribution is 6.38. The minimum Gasteiger partial charge on any atom is -0.451 e. The summed E-state index contributed by atoms with van der Waals surface area (Å²) in [6.07, 6.45) is -0.0135. The maximum Gasteiger partial charge on any atom is 0.355 e. The first kappa shape index (κ1) is 24.6. The van der Waals surface area contributed by atoms with Crippen molar-refractivity contribution in [3.05, 3.63) is 72.4 Å². The Bertz CT molecular complexity index is 1290. The lowest BCUT2D eigenvalue weighted by Gasteiger charge is -2.20. The molecule has 10 nitrogen and oxygen atoms in total. The largest absolute Gasteiger partial charge is 0.451 e. The second kappa shape index (κ2) is 10.0. The average Bonchev–Trinajstić information content (AvgIpc) is 3.49. The van der Waals surface area contributed by atoms with Crippen LogP contribution in [-0.4, -0.2) is 45.9 Å². The monoisotopic (exact) mass is 488 g/mol. The van der Waals surface area contributed by atoms with Gasteiger partial charge in [-0.1, -0.05) is 57.2 Å². The standard InChI is InChI=1S/C26H28N6O4/c1-26(2,3)21-15-22(32(30-21)18-12-8-5-9-13-18)28-23(33)16-36-25(35)19-14-20(24(27)34)31(29-19)17-10-6-4-7-11-17/h4-13,15,20H,14,16H2,1-3H3,(H2,27,34)(H,28,33)/t20-/m1/s1. The molecule has 2 aromatic carbocycles. The van der Waals surface area contributed by atoms with Gasteiger partial charge in [-0.25, -0.2) is 9.48 Å². The summed E-state index contributed by atoms with van der Waals surface area (Å²) in [5.74, 6) is -1.49. The number of carbonyl (C=O) groups is 3. The molecule has 4 rings (SSSR count). The Morgan fingerprint density at radius 2 is 1.64 bits per heavy atom. The SMILES string of the molecule is CC(C)(C)c1cc(NC(=O)COC(=O)C2=NN(c3ccccc3)[C@@H](C(N)=O)C2)n(-c2ccccc2)n1. The molecular weight excluding hydrogens is 460 g/mol. The van der Waals surface area contributed by atoms with E-state index < -0.39 is 30.4 Å². The van der Waals surface area contributed by atoms with Gasteiger partial charge in [0.1, 0.15) is 17.6 Å². The number of aromatic nitrogens is 2. The first-order chi connectivity index (χ1) is 17.1. The zero-order chi connectivity index (χ0) is 25.9. The van der Waals surface area contributed by atoms with Crippen molar-refractivity contribution in [1.29, 1.82) is 0 Å². The molecule has 0 unspecified atom stereocenters. The van der Waals surface area contributed by atoms with Crippen LogP contribution in [0.2, 0.25) is 0 Å². The van der Waals surface area contributed by atoms with Crippen LogP contribution in [0.1, 0.15) is 32.9 Å². The lowest BCUT2D eigenvalue weighted by atomic mass is 9.92. The Hall–Kier alpha value is -4.47. The van der Waals surface area contributed by atoms with Gasteiger partial charge < -0.3 is 15.8 Å². The maximum absolute atomic E-state index is 12.7. The van der Waals surface area contributed by atoms with Gasteiger partial charge in [0.2, 0.25) is 5.91 Å². The second-order valence-electron chi connectivity index (χ2n) is 9.39. The van der Waals surface area contributed by atoms with E-state index in [9.17, 15) is 14.4 Å². The highest BCUT2D eigenvalue weighted by Gasteiger charge is 2.35. The summed E-state index contributed by atoms with van der Waals surface area (Å²) in [6.45, 7) is 5.55. The van der Waals surface area contributed by atoms with Gasteiger partial charge in [0.25, 0.3) is 5.91 Å². The molecule has 2 heterocycles. The first-order valence-corrected chi connectivity index (χ1v) is 11.5. The smallest absolute Gasteiger partial charge is 0.355 e. The predicted molar refractivity (Wildman–Crippen MR) is 136 cm³/mol. The Labute approximate surface area is 208 Å². The number of ether oxygens (including phenoxy) is 1. The lowest BCUT2D eigenvalue weighted by Crippen LogP contribution is -2.39. The highest BCUT2D eigenvalue weighted by atomic mass is 16.5. The number of amides is 2. The third-order valence-electron chi connectivity index (χ3n) is 5.58. The van der Waals surface area contributed by atoms with E-state index in [1.807, 2.05) is 57.2 Å². The molecule has 186 valence electrons. The molecule has 0 radical (unpaired) electrons. The number of anilines is 2. The van der Waals surface area contributed by atoms with Gasteiger partial charge in [0.15, 0.2) is 6.61 Å². The minimum atomic E-state index is -0.820. The Morgan fingerprint density at radius 1 is 1.03 bits per heavy atom. The van der Waals surface area contributed by atoms with Crippen LogP contribution in [0, 0.1) is 0 Å². The molecule has 1 aromatic heterocycles. The van der Waals surface area contributed by atoms with Crippen molar-refractivity contribution in [3.8, 4) is 5.69 Å². The Morgan fingerprint density at radius 3 is 2.22 bits per heavy atom. The van der Waals surface area contributed by atoms with E-state index in [4.69, 9.17) is 10.5 Å². The fraction of sp³-hybridized carbons (Fsp3) is 0.269. The highest BCUT2D eigenvalue weighted by Crippen LogP contribution is 2.27. The number of esters is 1. The molecular formula is C26H28N6O4. The lowest BCUT2D eigenvalue weighted by molar-refractivity contribution is -0.140. The normalized spacial score (nSPS) is 15.4. The molecule has 0 bridgehead atoms. The van der Waals surface area contributed by atoms with Gasteiger partial charge in [-0.15, -0.1) is 0 Å². The van der Waals surface area contributed by atoms with E-state index in [0.29, 0.717) is 11.5 Å². The summed E-state index contributed by atoms with van der Waals surface area (Å²) >= 11 is 0. The third kappa shape index (κ3) is 5.43. The van der Waals surface area contributed by atoms with E-state index in [1.165, 1.54) is 5.01 Å². The zero-order valence-corrected chi connectivity index (χ0v) is 20.3. The molecule has 0 saturated carbocycles. The molecule has 1 aliphatic heterocycles. The van der Waals surface area contributed by atoms with Gasteiger partial charge in [-0.2, -0.15) is 10.2 Å². The summed E-state index contributed by atoms with van der Waals surface area (Å²) in [5.41, 5.74) is 7.47. The number of benzene rings is 2. The topological polar surface area (TPSA) is 132 Å². The average molecular weight is 489 g/mol. The van der Waals surface area contributed by atoms with Crippen LogP contribution in [-0.2, 0) is 24.5 Å². The number of hydrogen-bond acceptors (Lipinski definition) is 7. The minimum absolute atomic E-state index is 0.0135. The van der Waals surface area contributed by atoms with Crippen molar-refractivity contribution in [2.45, 2.75) is 38.6 Å². The zero-order valence-electron chi connectivity index (χ0n) is 20.3. The predicted octanol–water partition coefficient (Wildman–Crippen LogP) is 2.77. The molecule has 0 saturated heterocycles. The molecule has 10 heteroatoms. The van der Waals surface area contributed by atoms with Gasteiger partial charge in [0, 0.05) is 17.9 Å². The molecule has 1 aliphatic rings. The quantitative estimate of drug-likeness (QED) is 0.492. The number of nitrogens with zero attached hydrogens (tertiary/aromatic N) is 4. The van der Waals surface area contributed by atoms with Gasteiger partial charge in [-0.05, 0) is 24.3 Å². The van der Waals surface area contributed by atoms with E-state index in [0.717, 1.165) is 11.4 Å². The van der Waals surface area contributed by atoms with Crippen molar-refractivity contribution in [1.82, 2.24) is 9.78 Å². The van der Waals surface area contributed by atoms with Gasteiger partial charge >= 0.3 is 5.97 Å². The van der Waals surface area contributed by atoms with E-state index in [1.54, 1.807) is 35.0 Å². The molecule has 1 atom stereocenters. The number of carbonyl (C=O) groups excluding carboxylic acids is 3.